The molecule has 0 bridgehead atoms. The summed E-state index contributed by atoms with van der Waals surface area (Å²) in [6.45, 7) is 10.2. The van der Waals surface area contributed by atoms with Crippen LogP contribution >= 0.6 is 0 Å². The van der Waals surface area contributed by atoms with E-state index in [1.54, 1.807) is 24.3 Å². The first-order valence-corrected chi connectivity index (χ1v) is 9.47. The third kappa shape index (κ3) is 7.71. The van der Waals surface area contributed by atoms with Gasteiger partial charge in [-0.05, 0) is 60.6 Å². The molecule has 2 N–H and O–H groups in total. The van der Waals surface area contributed by atoms with Crippen LogP contribution in [0.1, 0.15) is 38.7 Å². The van der Waals surface area contributed by atoms with Gasteiger partial charge in [-0.15, -0.1) is 0 Å². The largest absolute Gasteiger partial charge is 0.481 e. The van der Waals surface area contributed by atoms with Crippen molar-refractivity contribution in [3.8, 4) is 5.75 Å². The minimum atomic E-state index is -0.852. The second-order valence-corrected chi connectivity index (χ2v) is 7.19. The predicted molar refractivity (Wildman–Crippen MR) is 108 cm³/mol. The summed E-state index contributed by atoms with van der Waals surface area (Å²) in [6, 6.07) is 7.16. The quantitative estimate of drug-likeness (QED) is 0.346. The highest BCUT2D eigenvalue weighted by molar-refractivity contribution is 5.70. The number of ether oxygens (including phenoxy) is 1. The summed E-state index contributed by atoms with van der Waals surface area (Å²) in [6.07, 6.45) is 8.93. The number of carbonyl (C=O) groups is 1. The van der Waals surface area contributed by atoms with Crippen molar-refractivity contribution in [1.29, 1.82) is 0 Å². The van der Waals surface area contributed by atoms with E-state index in [9.17, 15) is 4.79 Å². The summed E-state index contributed by atoms with van der Waals surface area (Å²) >= 11 is 0. The van der Waals surface area contributed by atoms with Gasteiger partial charge in [0.05, 0.1) is 6.42 Å². The second kappa shape index (κ2) is 10.6. The predicted octanol–water partition coefficient (Wildman–Crippen LogP) is 4.29. The molecule has 1 aromatic carbocycles. The summed E-state index contributed by atoms with van der Waals surface area (Å²) < 4.78 is 5.83. The molecular formula is C22H30N2O3. The summed E-state index contributed by atoms with van der Waals surface area (Å²) in [5, 5.41) is 11.1. The number of nitrogens with zero attached hydrogens (tertiary/aromatic N) is 1. The van der Waals surface area contributed by atoms with Crippen molar-refractivity contribution in [2.45, 2.75) is 39.5 Å². The Bertz CT molecular complexity index is 707. The molecule has 1 aliphatic rings. The number of rotatable bonds is 11. The average Bonchev–Trinajstić information content (AvgIpc) is 3.04. The highest BCUT2D eigenvalue weighted by atomic mass is 16.5. The zero-order valence-electron chi connectivity index (χ0n) is 16.3. The Morgan fingerprint density at radius 2 is 2.26 bits per heavy atom. The van der Waals surface area contributed by atoms with E-state index < -0.39 is 5.97 Å². The molecule has 1 aromatic rings. The Labute approximate surface area is 162 Å². The number of carboxylic acid groups (broad SMARTS) is 1. The van der Waals surface area contributed by atoms with Crippen molar-refractivity contribution in [2.75, 3.05) is 13.1 Å². The molecule has 0 saturated heterocycles. The monoisotopic (exact) mass is 370 g/mol. The molecule has 5 heteroatoms. The molecule has 146 valence electrons. The topological polar surface area (TPSA) is 61.8 Å². The van der Waals surface area contributed by atoms with Gasteiger partial charge in [0.25, 0.3) is 0 Å². The maximum Gasteiger partial charge on any atom is 0.307 e. The summed E-state index contributed by atoms with van der Waals surface area (Å²) in [7, 11) is 0. The van der Waals surface area contributed by atoms with Gasteiger partial charge in [0, 0.05) is 19.3 Å². The number of hydrogen-bond acceptors (Lipinski definition) is 4. The minimum absolute atomic E-state index is 0.0126. The number of allylic oxidation sites excluding steroid dienone is 2. The Kier molecular flexibility index (Phi) is 8.14. The number of hydrogen-bond donors (Lipinski definition) is 2. The van der Waals surface area contributed by atoms with E-state index in [4.69, 9.17) is 9.84 Å². The number of aliphatic carboxylic acids is 1. The minimum Gasteiger partial charge on any atom is -0.481 e. The highest BCUT2D eigenvalue weighted by Gasteiger charge is 2.12. The number of nitrogens with one attached hydrogen (secondary N) is 1. The molecule has 1 heterocycles. The Balaban J connectivity index is 1.81. The highest BCUT2D eigenvalue weighted by Crippen LogP contribution is 2.19. The molecule has 1 aliphatic heterocycles. The van der Waals surface area contributed by atoms with E-state index in [1.165, 1.54) is 5.57 Å². The average molecular weight is 370 g/mol. The van der Waals surface area contributed by atoms with Crippen molar-refractivity contribution >= 4 is 5.97 Å². The van der Waals surface area contributed by atoms with E-state index in [1.807, 2.05) is 12.1 Å². The second-order valence-electron chi connectivity index (χ2n) is 7.19. The lowest BCUT2D eigenvalue weighted by molar-refractivity contribution is -0.136. The van der Waals surface area contributed by atoms with Crippen LogP contribution in [0.15, 0.2) is 60.5 Å². The van der Waals surface area contributed by atoms with Crippen LogP contribution in [-0.4, -0.2) is 29.2 Å². The van der Waals surface area contributed by atoms with Crippen LogP contribution in [0.2, 0.25) is 0 Å². The molecule has 0 unspecified atom stereocenters. The molecule has 0 aromatic heterocycles. The third-order valence-corrected chi connectivity index (χ3v) is 4.15. The molecule has 0 spiro atoms. The van der Waals surface area contributed by atoms with Crippen LogP contribution < -0.4 is 10.2 Å². The smallest absolute Gasteiger partial charge is 0.307 e. The molecule has 27 heavy (non-hydrogen) atoms. The van der Waals surface area contributed by atoms with Crippen LogP contribution in [0.4, 0.5) is 0 Å². The van der Waals surface area contributed by atoms with Gasteiger partial charge in [-0.3, -0.25) is 4.79 Å². The van der Waals surface area contributed by atoms with E-state index >= 15 is 0 Å². The van der Waals surface area contributed by atoms with Gasteiger partial charge in [-0.25, -0.2) is 5.43 Å². The first-order chi connectivity index (χ1) is 13.0. The lowest BCUT2D eigenvalue weighted by Crippen LogP contribution is -2.31. The summed E-state index contributed by atoms with van der Waals surface area (Å²) in [4.78, 5) is 10.8. The van der Waals surface area contributed by atoms with Crippen LogP contribution in [0.25, 0.3) is 0 Å². The SMILES string of the molecule is C=C/C(=C\CCCC1=CN(CC(C)C)NC1)Oc1cccc(CC(=O)O)c1. The maximum absolute atomic E-state index is 10.8. The molecule has 0 saturated carbocycles. The van der Waals surface area contributed by atoms with Gasteiger partial charge in [-0.2, -0.15) is 0 Å². The van der Waals surface area contributed by atoms with E-state index in [2.05, 4.69) is 37.1 Å². The molecule has 0 amide bonds. The van der Waals surface area contributed by atoms with Crippen LogP contribution in [-0.2, 0) is 11.2 Å². The van der Waals surface area contributed by atoms with E-state index in [-0.39, 0.29) is 6.42 Å². The van der Waals surface area contributed by atoms with Crippen LogP contribution in [0, 0.1) is 5.92 Å². The van der Waals surface area contributed by atoms with Crippen molar-refractivity contribution in [3.63, 3.8) is 0 Å². The Morgan fingerprint density at radius 3 is 2.96 bits per heavy atom. The van der Waals surface area contributed by atoms with Crippen molar-refractivity contribution in [3.05, 3.63) is 66.1 Å². The lowest BCUT2D eigenvalue weighted by atomic mass is 10.1. The van der Waals surface area contributed by atoms with Crippen LogP contribution in [0.3, 0.4) is 0 Å². The molecular weight excluding hydrogens is 340 g/mol. The zero-order chi connectivity index (χ0) is 19.6. The summed E-state index contributed by atoms with van der Waals surface area (Å²) in [5.74, 6) is 1.11. The van der Waals surface area contributed by atoms with Gasteiger partial charge < -0.3 is 14.9 Å². The molecule has 0 atom stereocenters. The fraction of sp³-hybridized carbons (Fsp3) is 0.409. The van der Waals surface area contributed by atoms with Gasteiger partial charge in [0.2, 0.25) is 0 Å². The van der Waals surface area contributed by atoms with Gasteiger partial charge in [0.1, 0.15) is 11.5 Å². The van der Waals surface area contributed by atoms with Crippen molar-refractivity contribution < 1.29 is 14.6 Å². The molecule has 0 radical (unpaired) electrons. The van der Waals surface area contributed by atoms with Gasteiger partial charge in [0.15, 0.2) is 0 Å². The first kappa shape index (κ1) is 20.8. The fourth-order valence-corrected chi connectivity index (χ4v) is 2.95. The Hall–Kier alpha value is -2.53. The number of unbranched alkanes of at least 4 members (excludes halogenated alkanes) is 1. The fourth-order valence-electron chi connectivity index (χ4n) is 2.95. The maximum atomic E-state index is 10.8. The number of hydrazine groups is 1. The lowest BCUT2D eigenvalue weighted by Gasteiger charge is -2.17. The van der Waals surface area contributed by atoms with E-state index in [0.29, 0.717) is 17.4 Å². The molecule has 2 rings (SSSR count). The van der Waals surface area contributed by atoms with Crippen molar-refractivity contribution in [1.82, 2.24) is 10.4 Å². The van der Waals surface area contributed by atoms with Crippen molar-refractivity contribution in [2.24, 2.45) is 5.92 Å². The number of benzene rings is 1. The zero-order valence-corrected chi connectivity index (χ0v) is 16.3. The third-order valence-electron chi connectivity index (χ3n) is 4.15. The molecule has 5 nitrogen and oxygen atoms in total. The first-order valence-electron chi connectivity index (χ1n) is 9.47. The number of carboxylic acids is 1. The van der Waals surface area contributed by atoms with Gasteiger partial charge >= 0.3 is 5.97 Å². The Morgan fingerprint density at radius 1 is 1.44 bits per heavy atom. The van der Waals surface area contributed by atoms with Crippen LogP contribution in [0.5, 0.6) is 5.75 Å². The summed E-state index contributed by atoms with van der Waals surface area (Å²) in [5.41, 5.74) is 5.53. The molecule has 0 aliphatic carbocycles. The normalized spacial score (nSPS) is 14.4. The standard InChI is InChI=1S/C22H30N2O3/c1-4-20(27-21-11-7-9-18(12-21)13-22(25)26)10-6-5-8-19-14-23-24(16-19)15-17(2)3/h4,7,9-12,16-17,23H,1,5-6,8,13-15H2,2-3H3,(H,25,26)/b20-10+. The molecule has 0 fully saturated rings. The van der Waals surface area contributed by atoms with Gasteiger partial charge in [-0.1, -0.05) is 32.6 Å². The van der Waals surface area contributed by atoms with E-state index in [0.717, 1.165) is 37.9 Å².